The van der Waals surface area contributed by atoms with E-state index >= 15 is 0 Å². The van der Waals surface area contributed by atoms with Gasteiger partial charge in [0.1, 0.15) is 5.82 Å². The zero-order chi connectivity index (χ0) is 10.3. The van der Waals surface area contributed by atoms with Crippen molar-refractivity contribution in [2.45, 2.75) is 19.4 Å². The van der Waals surface area contributed by atoms with Crippen LogP contribution in [0, 0.1) is 12.7 Å². The highest BCUT2D eigenvalue weighted by Crippen LogP contribution is 2.34. The molecule has 1 aliphatic rings. The van der Waals surface area contributed by atoms with Gasteiger partial charge in [-0.3, -0.25) is 0 Å². The number of anilines is 1. The number of nitrogens with zero attached hydrogens (tertiary/aromatic N) is 1. The lowest BCUT2D eigenvalue weighted by Crippen LogP contribution is -2.27. The van der Waals surface area contributed by atoms with E-state index in [0.717, 1.165) is 17.8 Å². The molecular formula is C11H14FNO. The molecule has 1 aromatic rings. The Hall–Kier alpha value is -1.09. The highest BCUT2D eigenvalue weighted by molar-refractivity contribution is 5.57. The van der Waals surface area contributed by atoms with Crippen molar-refractivity contribution < 1.29 is 9.50 Å². The summed E-state index contributed by atoms with van der Waals surface area (Å²) < 4.78 is 13.3. The summed E-state index contributed by atoms with van der Waals surface area (Å²) in [5, 5.41) is 9.75. The molecule has 0 saturated carbocycles. The van der Waals surface area contributed by atoms with E-state index in [4.69, 9.17) is 0 Å². The molecule has 0 aliphatic carbocycles. The average Bonchev–Trinajstić information content (AvgIpc) is 2.15. The van der Waals surface area contributed by atoms with Crippen LogP contribution in [-0.2, 0) is 0 Å². The van der Waals surface area contributed by atoms with Gasteiger partial charge in [-0.2, -0.15) is 0 Å². The summed E-state index contributed by atoms with van der Waals surface area (Å²) in [5.74, 6) is -0.204. The molecule has 0 saturated heterocycles. The van der Waals surface area contributed by atoms with Gasteiger partial charge >= 0.3 is 0 Å². The van der Waals surface area contributed by atoms with E-state index in [0.29, 0.717) is 12.0 Å². The number of aliphatic hydroxyl groups excluding tert-OH is 1. The molecule has 1 aromatic carbocycles. The van der Waals surface area contributed by atoms with Crippen LogP contribution in [0.25, 0.3) is 0 Å². The van der Waals surface area contributed by atoms with Gasteiger partial charge in [-0.25, -0.2) is 4.39 Å². The molecule has 1 heterocycles. The SMILES string of the molecule is Cc1cc2c(cc1F)N(C)CCC2O. The lowest BCUT2D eigenvalue weighted by molar-refractivity contribution is 0.165. The van der Waals surface area contributed by atoms with Crippen LogP contribution in [0.2, 0.25) is 0 Å². The van der Waals surface area contributed by atoms with Crippen molar-refractivity contribution in [3.05, 3.63) is 29.1 Å². The van der Waals surface area contributed by atoms with E-state index < -0.39 is 6.10 Å². The van der Waals surface area contributed by atoms with Gasteiger partial charge in [-0.15, -0.1) is 0 Å². The standard InChI is InChI=1S/C11H14FNO/c1-7-5-8-10(6-9(7)12)13(2)4-3-11(8)14/h5-6,11,14H,3-4H2,1-2H3. The van der Waals surface area contributed by atoms with Gasteiger partial charge in [0.05, 0.1) is 6.10 Å². The molecule has 1 atom stereocenters. The minimum atomic E-state index is -0.444. The number of benzene rings is 1. The second kappa shape index (κ2) is 3.24. The maximum absolute atomic E-state index is 13.3. The molecule has 2 rings (SSSR count). The quantitative estimate of drug-likeness (QED) is 0.684. The molecule has 0 radical (unpaired) electrons. The van der Waals surface area contributed by atoms with Crippen molar-refractivity contribution in [1.82, 2.24) is 0 Å². The molecule has 0 amide bonds. The van der Waals surface area contributed by atoms with Crippen molar-refractivity contribution in [3.8, 4) is 0 Å². The summed E-state index contributed by atoms with van der Waals surface area (Å²) in [6, 6.07) is 3.25. The zero-order valence-corrected chi connectivity index (χ0v) is 8.42. The van der Waals surface area contributed by atoms with Crippen molar-refractivity contribution in [2.75, 3.05) is 18.5 Å². The van der Waals surface area contributed by atoms with E-state index in [9.17, 15) is 9.50 Å². The van der Waals surface area contributed by atoms with Gasteiger partial charge in [0, 0.05) is 24.8 Å². The third-order valence-corrected chi connectivity index (χ3v) is 2.82. The van der Waals surface area contributed by atoms with Crippen LogP contribution in [0.5, 0.6) is 0 Å². The average molecular weight is 195 g/mol. The number of hydrogen-bond acceptors (Lipinski definition) is 2. The second-order valence-corrected chi connectivity index (χ2v) is 3.89. The normalized spacial score (nSPS) is 20.9. The first kappa shape index (κ1) is 9.46. The van der Waals surface area contributed by atoms with Crippen LogP contribution in [0.15, 0.2) is 12.1 Å². The zero-order valence-electron chi connectivity index (χ0n) is 8.42. The molecule has 0 fully saturated rings. The van der Waals surface area contributed by atoms with Crippen molar-refractivity contribution in [1.29, 1.82) is 0 Å². The Kier molecular flexibility index (Phi) is 2.19. The number of hydrogen-bond donors (Lipinski definition) is 1. The van der Waals surface area contributed by atoms with Gasteiger partial charge in [-0.05, 0) is 31.0 Å². The van der Waals surface area contributed by atoms with E-state index in [1.54, 1.807) is 13.0 Å². The van der Waals surface area contributed by atoms with E-state index in [2.05, 4.69) is 0 Å². The largest absolute Gasteiger partial charge is 0.388 e. The Balaban J connectivity index is 2.56. The summed E-state index contributed by atoms with van der Waals surface area (Å²) in [6.45, 7) is 2.49. The summed E-state index contributed by atoms with van der Waals surface area (Å²) in [4.78, 5) is 1.98. The fourth-order valence-corrected chi connectivity index (χ4v) is 1.88. The van der Waals surface area contributed by atoms with Gasteiger partial charge < -0.3 is 10.0 Å². The lowest BCUT2D eigenvalue weighted by atomic mass is 9.97. The van der Waals surface area contributed by atoms with Crippen LogP contribution >= 0.6 is 0 Å². The minimum absolute atomic E-state index is 0.204. The Morgan fingerprint density at radius 1 is 1.50 bits per heavy atom. The maximum atomic E-state index is 13.3. The molecule has 0 bridgehead atoms. The van der Waals surface area contributed by atoms with E-state index in [-0.39, 0.29) is 5.82 Å². The van der Waals surface area contributed by atoms with Crippen LogP contribution in [0.1, 0.15) is 23.7 Å². The van der Waals surface area contributed by atoms with Crippen molar-refractivity contribution in [2.24, 2.45) is 0 Å². The number of fused-ring (bicyclic) bond motifs is 1. The first-order valence-electron chi connectivity index (χ1n) is 4.79. The highest BCUT2D eigenvalue weighted by atomic mass is 19.1. The molecule has 0 aromatic heterocycles. The predicted molar refractivity (Wildman–Crippen MR) is 54.0 cm³/mol. The summed E-state index contributed by atoms with van der Waals surface area (Å²) >= 11 is 0. The van der Waals surface area contributed by atoms with Gasteiger partial charge in [0.15, 0.2) is 0 Å². The van der Waals surface area contributed by atoms with Gasteiger partial charge in [-0.1, -0.05) is 0 Å². The number of halogens is 1. The Morgan fingerprint density at radius 2 is 2.21 bits per heavy atom. The summed E-state index contributed by atoms with van der Waals surface area (Å²) in [7, 11) is 1.92. The topological polar surface area (TPSA) is 23.5 Å². The molecule has 14 heavy (non-hydrogen) atoms. The lowest BCUT2D eigenvalue weighted by Gasteiger charge is -2.31. The van der Waals surface area contributed by atoms with Gasteiger partial charge in [0.25, 0.3) is 0 Å². The molecule has 0 spiro atoms. The van der Waals surface area contributed by atoms with E-state index in [1.165, 1.54) is 6.07 Å². The number of aryl methyl sites for hydroxylation is 1. The molecule has 2 nitrogen and oxygen atoms in total. The maximum Gasteiger partial charge on any atom is 0.128 e. The van der Waals surface area contributed by atoms with Crippen molar-refractivity contribution in [3.63, 3.8) is 0 Å². The second-order valence-electron chi connectivity index (χ2n) is 3.89. The van der Waals surface area contributed by atoms with Crippen LogP contribution < -0.4 is 4.90 Å². The third-order valence-electron chi connectivity index (χ3n) is 2.82. The Labute approximate surface area is 83.0 Å². The van der Waals surface area contributed by atoms with Gasteiger partial charge in [0.2, 0.25) is 0 Å². The third kappa shape index (κ3) is 1.38. The number of aliphatic hydroxyl groups is 1. The van der Waals surface area contributed by atoms with Crippen LogP contribution in [0.4, 0.5) is 10.1 Å². The smallest absolute Gasteiger partial charge is 0.128 e. The Morgan fingerprint density at radius 3 is 2.93 bits per heavy atom. The Bertz CT molecular complexity index is 330. The summed E-state index contributed by atoms with van der Waals surface area (Å²) in [5.41, 5.74) is 2.25. The summed E-state index contributed by atoms with van der Waals surface area (Å²) in [6.07, 6.45) is 0.273. The molecule has 3 heteroatoms. The molecule has 1 aliphatic heterocycles. The fourth-order valence-electron chi connectivity index (χ4n) is 1.88. The van der Waals surface area contributed by atoms with Crippen LogP contribution in [0.3, 0.4) is 0 Å². The monoisotopic (exact) mass is 195 g/mol. The highest BCUT2D eigenvalue weighted by Gasteiger charge is 2.22. The molecule has 76 valence electrons. The van der Waals surface area contributed by atoms with Crippen LogP contribution in [-0.4, -0.2) is 18.7 Å². The minimum Gasteiger partial charge on any atom is -0.388 e. The first-order valence-corrected chi connectivity index (χ1v) is 4.79. The predicted octanol–water partition coefficient (Wildman–Crippen LogP) is 2.01. The van der Waals surface area contributed by atoms with E-state index in [1.807, 2.05) is 11.9 Å². The molecular weight excluding hydrogens is 181 g/mol. The van der Waals surface area contributed by atoms with Crippen molar-refractivity contribution >= 4 is 5.69 Å². The fraction of sp³-hybridized carbons (Fsp3) is 0.455. The molecule has 1 N–H and O–H groups in total. The molecule has 1 unspecified atom stereocenters. The first-order chi connectivity index (χ1) is 6.59. The number of rotatable bonds is 0.